The molecule has 0 radical (unpaired) electrons. The largest absolute Gasteiger partial charge is 0.478 e. The molecule has 2 rings (SSSR count). The topological polar surface area (TPSA) is 46.5 Å². The molecule has 1 heterocycles. The highest BCUT2D eigenvalue weighted by atomic mass is 35.5. The summed E-state index contributed by atoms with van der Waals surface area (Å²) in [4.78, 5) is 11.5. The van der Waals surface area contributed by atoms with Crippen molar-refractivity contribution in [3.05, 3.63) is 62.8 Å². The molecule has 0 unspecified atom stereocenters. The Labute approximate surface area is 126 Å². The number of benzene rings is 1. The first-order valence-electron chi connectivity index (χ1n) is 5.95. The van der Waals surface area contributed by atoms with E-state index in [0.29, 0.717) is 18.2 Å². The van der Waals surface area contributed by atoms with Gasteiger partial charge in [-0.3, -0.25) is 0 Å². The number of carboxylic acids is 1. The monoisotopic (exact) mass is 308 g/mol. The molecule has 0 aliphatic rings. The smallest absolute Gasteiger partial charge is 0.328 e. The van der Waals surface area contributed by atoms with Crippen molar-refractivity contribution in [3.8, 4) is 0 Å². The van der Waals surface area contributed by atoms with E-state index in [0.717, 1.165) is 22.1 Å². The van der Waals surface area contributed by atoms with Gasteiger partial charge in [0.2, 0.25) is 0 Å². The maximum absolute atomic E-state index is 10.5. The van der Waals surface area contributed by atoms with Crippen LogP contribution >= 0.6 is 22.9 Å². The lowest BCUT2D eigenvalue weighted by molar-refractivity contribution is -0.131. The summed E-state index contributed by atoms with van der Waals surface area (Å²) in [5, 5.41) is 11.2. The second kappa shape index (κ2) is 7.24. The Hall–Kier alpha value is -1.62. The molecular weight excluding hydrogens is 296 g/mol. The van der Waals surface area contributed by atoms with Crippen molar-refractivity contribution in [1.82, 2.24) is 0 Å². The van der Waals surface area contributed by atoms with Crippen molar-refractivity contribution < 1.29 is 14.6 Å². The van der Waals surface area contributed by atoms with Gasteiger partial charge in [-0.2, -0.15) is 0 Å². The minimum atomic E-state index is -0.954. The predicted molar refractivity (Wildman–Crippen MR) is 80.9 cm³/mol. The molecule has 0 atom stereocenters. The molecular formula is C15H13ClO3S. The van der Waals surface area contributed by atoms with Gasteiger partial charge < -0.3 is 9.84 Å². The van der Waals surface area contributed by atoms with Gasteiger partial charge in [-0.1, -0.05) is 23.7 Å². The van der Waals surface area contributed by atoms with Gasteiger partial charge in [-0.05, 0) is 40.8 Å². The van der Waals surface area contributed by atoms with E-state index in [1.807, 2.05) is 35.7 Å². The van der Waals surface area contributed by atoms with E-state index in [2.05, 4.69) is 0 Å². The van der Waals surface area contributed by atoms with E-state index in [1.165, 1.54) is 0 Å². The van der Waals surface area contributed by atoms with Crippen LogP contribution in [0.25, 0.3) is 6.08 Å². The number of rotatable bonds is 6. The summed E-state index contributed by atoms with van der Waals surface area (Å²) in [5.41, 5.74) is 1.93. The lowest BCUT2D eigenvalue weighted by Crippen LogP contribution is -1.94. The Kier molecular flexibility index (Phi) is 5.35. The summed E-state index contributed by atoms with van der Waals surface area (Å²) in [7, 11) is 0. The molecule has 0 fully saturated rings. The predicted octanol–water partition coefficient (Wildman–Crippen LogP) is 4.22. The molecule has 1 aromatic heterocycles. The SMILES string of the molecule is O=C(O)C=Cc1ccsc1COCc1ccc(Cl)cc1. The highest BCUT2D eigenvalue weighted by Crippen LogP contribution is 2.20. The number of aliphatic carboxylic acids is 1. The summed E-state index contributed by atoms with van der Waals surface area (Å²) < 4.78 is 5.64. The Morgan fingerprint density at radius 2 is 2.00 bits per heavy atom. The minimum Gasteiger partial charge on any atom is -0.478 e. The first kappa shape index (κ1) is 14.8. The normalized spacial score (nSPS) is 11.1. The maximum atomic E-state index is 10.5. The highest BCUT2D eigenvalue weighted by molar-refractivity contribution is 7.10. The summed E-state index contributed by atoms with van der Waals surface area (Å²) in [6.07, 6.45) is 2.71. The van der Waals surface area contributed by atoms with Crippen molar-refractivity contribution in [3.63, 3.8) is 0 Å². The van der Waals surface area contributed by atoms with Crippen molar-refractivity contribution in [2.24, 2.45) is 0 Å². The van der Waals surface area contributed by atoms with Crippen LogP contribution in [0.2, 0.25) is 5.02 Å². The molecule has 20 heavy (non-hydrogen) atoms. The number of ether oxygens (including phenoxy) is 1. The Morgan fingerprint density at radius 1 is 1.25 bits per heavy atom. The fourth-order valence-corrected chi connectivity index (χ4v) is 2.55. The summed E-state index contributed by atoms with van der Waals surface area (Å²) in [6, 6.07) is 9.37. The molecule has 0 saturated carbocycles. The lowest BCUT2D eigenvalue weighted by Gasteiger charge is -2.04. The molecule has 2 aromatic rings. The molecule has 104 valence electrons. The Morgan fingerprint density at radius 3 is 2.70 bits per heavy atom. The van der Waals surface area contributed by atoms with Gasteiger partial charge in [0.25, 0.3) is 0 Å². The molecule has 1 N–H and O–H groups in total. The zero-order valence-corrected chi connectivity index (χ0v) is 12.2. The van der Waals surface area contributed by atoms with Crippen molar-refractivity contribution in [1.29, 1.82) is 0 Å². The third-order valence-corrected chi connectivity index (χ3v) is 3.76. The van der Waals surface area contributed by atoms with E-state index >= 15 is 0 Å². The van der Waals surface area contributed by atoms with Crippen LogP contribution in [0.1, 0.15) is 16.0 Å². The second-order valence-corrected chi connectivity index (χ2v) is 5.53. The van der Waals surface area contributed by atoms with Crippen LogP contribution in [0, 0.1) is 0 Å². The van der Waals surface area contributed by atoms with Crippen molar-refractivity contribution in [2.75, 3.05) is 0 Å². The average Bonchev–Trinajstić information content (AvgIpc) is 2.86. The zero-order chi connectivity index (χ0) is 14.4. The van der Waals surface area contributed by atoms with Crippen LogP contribution in [0.3, 0.4) is 0 Å². The number of thiophene rings is 1. The highest BCUT2D eigenvalue weighted by Gasteiger charge is 2.03. The van der Waals surface area contributed by atoms with Crippen LogP contribution in [-0.4, -0.2) is 11.1 Å². The van der Waals surface area contributed by atoms with E-state index in [-0.39, 0.29) is 0 Å². The van der Waals surface area contributed by atoms with E-state index in [1.54, 1.807) is 17.4 Å². The molecule has 3 nitrogen and oxygen atoms in total. The number of carboxylic acid groups (broad SMARTS) is 1. The van der Waals surface area contributed by atoms with Crippen LogP contribution in [0.15, 0.2) is 41.8 Å². The lowest BCUT2D eigenvalue weighted by atomic mass is 10.2. The number of carbonyl (C=O) groups is 1. The molecule has 0 aliphatic carbocycles. The van der Waals surface area contributed by atoms with E-state index in [9.17, 15) is 4.79 Å². The van der Waals surface area contributed by atoms with Gasteiger partial charge in [-0.25, -0.2) is 4.79 Å². The first-order valence-corrected chi connectivity index (χ1v) is 7.20. The van der Waals surface area contributed by atoms with Crippen molar-refractivity contribution >= 4 is 35.0 Å². The van der Waals surface area contributed by atoms with E-state index < -0.39 is 5.97 Å². The standard InChI is InChI=1S/C15H13ClO3S/c16-13-4-1-11(2-5-13)9-19-10-14-12(7-8-20-14)3-6-15(17)18/h1-8H,9-10H2,(H,17,18). The Bertz CT molecular complexity index is 602. The quantitative estimate of drug-likeness (QED) is 0.813. The molecule has 5 heteroatoms. The van der Waals surface area contributed by atoms with Crippen LogP contribution < -0.4 is 0 Å². The van der Waals surface area contributed by atoms with Gasteiger partial charge >= 0.3 is 5.97 Å². The number of hydrogen-bond donors (Lipinski definition) is 1. The van der Waals surface area contributed by atoms with Crippen LogP contribution in [0.4, 0.5) is 0 Å². The minimum absolute atomic E-state index is 0.458. The van der Waals surface area contributed by atoms with Gasteiger partial charge in [-0.15, -0.1) is 11.3 Å². The maximum Gasteiger partial charge on any atom is 0.328 e. The fourth-order valence-electron chi connectivity index (χ4n) is 1.62. The van der Waals surface area contributed by atoms with Crippen molar-refractivity contribution in [2.45, 2.75) is 13.2 Å². The molecule has 0 saturated heterocycles. The summed E-state index contributed by atoms with van der Waals surface area (Å²) in [5.74, 6) is -0.954. The first-order chi connectivity index (χ1) is 9.65. The van der Waals surface area contributed by atoms with E-state index in [4.69, 9.17) is 21.4 Å². The third-order valence-electron chi connectivity index (χ3n) is 2.60. The van der Waals surface area contributed by atoms with Gasteiger partial charge in [0.15, 0.2) is 0 Å². The fraction of sp³-hybridized carbons (Fsp3) is 0.133. The van der Waals surface area contributed by atoms with Gasteiger partial charge in [0, 0.05) is 16.0 Å². The number of hydrogen-bond acceptors (Lipinski definition) is 3. The third kappa shape index (κ3) is 4.49. The molecule has 0 amide bonds. The molecule has 0 aliphatic heterocycles. The van der Waals surface area contributed by atoms with Crippen LogP contribution in [-0.2, 0) is 22.7 Å². The Balaban J connectivity index is 1.90. The summed E-state index contributed by atoms with van der Waals surface area (Å²) in [6.45, 7) is 0.955. The number of halogens is 1. The molecule has 1 aromatic carbocycles. The summed E-state index contributed by atoms with van der Waals surface area (Å²) >= 11 is 7.36. The van der Waals surface area contributed by atoms with Gasteiger partial charge in [0.1, 0.15) is 0 Å². The molecule has 0 spiro atoms. The zero-order valence-electron chi connectivity index (χ0n) is 10.6. The average molecular weight is 309 g/mol. The van der Waals surface area contributed by atoms with Gasteiger partial charge in [0.05, 0.1) is 13.2 Å². The second-order valence-electron chi connectivity index (χ2n) is 4.09. The van der Waals surface area contributed by atoms with Crippen LogP contribution in [0.5, 0.6) is 0 Å². The molecule has 0 bridgehead atoms.